The zero-order valence-electron chi connectivity index (χ0n) is 23.6. The van der Waals surface area contributed by atoms with E-state index < -0.39 is 5.82 Å². The molecule has 3 aliphatic heterocycles. The third-order valence-corrected chi connectivity index (χ3v) is 9.16. The molecule has 2 unspecified atom stereocenters. The van der Waals surface area contributed by atoms with Crippen molar-refractivity contribution in [1.82, 2.24) is 34.7 Å². The van der Waals surface area contributed by atoms with Gasteiger partial charge in [-0.05, 0) is 52.1 Å². The number of halogens is 2. The van der Waals surface area contributed by atoms with Crippen LogP contribution in [0.4, 0.5) is 16.2 Å². The molecule has 4 aromatic rings. The predicted molar refractivity (Wildman–Crippen MR) is 159 cm³/mol. The number of fused-ring (bicyclic) bond motifs is 4. The van der Waals surface area contributed by atoms with Crippen LogP contribution >= 0.6 is 11.6 Å². The van der Waals surface area contributed by atoms with Crippen molar-refractivity contribution in [1.29, 1.82) is 0 Å². The molecule has 0 amide bonds. The van der Waals surface area contributed by atoms with Crippen LogP contribution in [0.1, 0.15) is 39.5 Å². The quantitative estimate of drug-likeness (QED) is 0.348. The number of likely N-dealkylation sites (tertiary alicyclic amines) is 1. The molecule has 0 radical (unpaired) electrons. The van der Waals surface area contributed by atoms with Crippen LogP contribution in [0.3, 0.4) is 0 Å². The molecule has 0 spiro atoms. The van der Waals surface area contributed by atoms with Gasteiger partial charge in [0.25, 0.3) is 0 Å². The lowest BCUT2D eigenvalue weighted by molar-refractivity contribution is 0.138. The number of hydrogen-bond acceptors (Lipinski definition) is 9. The molecule has 3 aliphatic rings. The van der Waals surface area contributed by atoms with Gasteiger partial charge < -0.3 is 25.3 Å². The molecule has 6 heterocycles. The summed E-state index contributed by atoms with van der Waals surface area (Å²) >= 11 is 6.86. The van der Waals surface area contributed by atoms with Gasteiger partial charge in [0, 0.05) is 67.0 Å². The molecule has 0 saturated carbocycles. The fraction of sp³-hybridized carbons (Fsp3) is 0.517. The molecule has 12 heteroatoms. The van der Waals surface area contributed by atoms with Crippen molar-refractivity contribution < 1.29 is 9.13 Å². The van der Waals surface area contributed by atoms with Gasteiger partial charge in [-0.1, -0.05) is 11.6 Å². The van der Waals surface area contributed by atoms with Crippen molar-refractivity contribution in [2.45, 2.75) is 63.7 Å². The van der Waals surface area contributed by atoms with Crippen LogP contribution in [-0.4, -0.2) is 79.8 Å². The molecular weight excluding hydrogens is 545 g/mol. The van der Waals surface area contributed by atoms with Gasteiger partial charge in [-0.2, -0.15) is 9.97 Å². The second-order valence-electron chi connectivity index (χ2n) is 11.9. The average molecular weight is 580 g/mol. The Morgan fingerprint density at radius 3 is 2.68 bits per heavy atom. The molecule has 216 valence electrons. The smallest absolute Gasteiger partial charge is 0.319 e. The number of hydrogen-bond donors (Lipinski definition) is 2. The van der Waals surface area contributed by atoms with Crippen LogP contribution in [0.2, 0.25) is 5.02 Å². The van der Waals surface area contributed by atoms with Crippen molar-refractivity contribution >= 4 is 45.3 Å². The molecular formula is C29H35ClFN9O. The van der Waals surface area contributed by atoms with E-state index in [0.717, 1.165) is 50.8 Å². The second-order valence-corrected chi connectivity index (χ2v) is 12.3. The standard InChI is InChI=1S/C29H35ClFN9O/c1-15(2)40-8-4-5-18(40)14-41-29-36-26-19(27(37-29)39-11-16-6-7-17(12-39)34-16)9-21(30)23(24(26)31)20-13-38(3)22-10-33-28(32)35-25(20)22/h9-10,13,15-18,34H,4-8,11-12,14H2,1-3H3,(H2,32,33,35)/t16?,17?,18-/m0/s1. The Labute approximate surface area is 243 Å². The van der Waals surface area contributed by atoms with Gasteiger partial charge in [-0.3, -0.25) is 4.90 Å². The lowest BCUT2D eigenvalue weighted by atomic mass is 10.0. The van der Waals surface area contributed by atoms with Gasteiger partial charge in [0.15, 0.2) is 5.82 Å². The molecule has 3 aromatic heterocycles. The van der Waals surface area contributed by atoms with Gasteiger partial charge in [0.1, 0.15) is 23.5 Å². The van der Waals surface area contributed by atoms with Crippen LogP contribution in [0.15, 0.2) is 18.5 Å². The molecule has 10 nitrogen and oxygen atoms in total. The Kier molecular flexibility index (Phi) is 6.63. The number of anilines is 2. The van der Waals surface area contributed by atoms with E-state index in [1.807, 2.05) is 11.6 Å². The SMILES string of the molecule is CC(C)N1CCC[C@H]1COc1nc(N2CC3CCC(C2)N3)c2cc(Cl)c(-c3cn(C)c4cnc(N)nc34)c(F)c2n1. The maximum atomic E-state index is 16.7. The highest BCUT2D eigenvalue weighted by atomic mass is 35.5. The first kappa shape index (κ1) is 26.6. The molecule has 3 saturated heterocycles. The number of rotatable bonds is 6. The second kappa shape index (κ2) is 10.2. The number of ether oxygens (including phenoxy) is 1. The first-order chi connectivity index (χ1) is 19.8. The van der Waals surface area contributed by atoms with Crippen molar-refractivity contribution in [2.24, 2.45) is 7.05 Å². The fourth-order valence-electron chi connectivity index (χ4n) is 6.92. The fourth-order valence-corrected chi connectivity index (χ4v) is 7.22. The van der Waals surface area contributed by atoms with E-state index >= 15 is 4.39 Å². The molecule has 3 atom stereocenters. The first-order valence-electron chi connectivity index (χ1n) is 14.4. The third-order valence-electron chi connectivity index (χ3n) is 8.86. The number of aryl methyl sites for hydroxylation is 1. The van der Waals surface area contributed by atoms with Crippen LogP contribution < -0.4 is 20.7 Å². The number of aromatic nitrogens is 5. The summed E-state index contributed by atoms with van der Waals surface area (Å²) in [6, 6.07) is 3.42. The summed E-state index contributed by atoms with van der Waals surface area (Å²) in [5.41, 5.74) is 8.08. The zero-order chi connectivity index (χ0) is 28.4. The topological polar surface area (TPSA) is 110 Å². The van der Waals surface area contributed by atoms with E-state index in [-0.39, 0.29) is 34.1 Å². The van der Waals surface area contributed by atoms with Gasteiger partial charge in [-0.25, -0.2) is 14.4 Å². The Bertz CT molecular complexity index is 1630. The monoisotopic (exact) mass is 579 g/mol. The van der Waals surface area contributed by atoms with E-state index in [2.05, 4.69) is 43.9 Å². The van der Waals surface area contributed by atoms with Gasteiger partial charge in [0.2, 0.25) is 5.95 Å². The minimum absolute atomic E-state index is 0.109. The van der Waals surface area contributed by atoms with Gasteiger partial charge >= 0.3 is 6.01 Å². The first-order valence-corrected chi connectivity index (χ1v) is 14.8. The van der Waals surface area contributed by atoms with Crippen molar-refractivity contribution in [2.75, 3.05) is 36.9 Å². The Morgan fingerprint density at radius 1 is 1.15 bits per heavy atom. The average Bonchev–Trinajstić information content (AvgIpc) is 3.64. The van der Waals surface area contributed by atoms with Crippen molar-refractivity contribution in [3.63, 3.8) is 0 Å². The Hall–Kier alpha value is -3.28. The van der Waals surface area contributed by atoms with Crippen LogP contribution in [0, 0.1) is 5.82 Å². The van der Waals surface area contributed by atoms with Crippen LogP contribution in [0.25, 0.3) is 33.1 Å². The number of benzene rings is 1. The summed E-state index contributed by atoms with van der Waals surface area (Å²) < 4.78 is 24.8. The summed E-state index contributed by atoms with van der Waals surface area (Å²) in [7, 11) is 1.85. The number of piperazine rings is 1. The van der Waals surface area contributed by atoms with Gasteiger partial charge in [0.05, 0.1) is 16.7 Å². The van der Waals surface area contributed by atoms with Crippen molar-refractivity contribution in [3.05, 3.63) is 29.3 Å². The van der Waals surface area contributed by atoms with Crippen LogP contribution in [-0.2, 0) is 7.05 Å². The lowest BCUT2D eigenvalue weighted by Gasteiger charge is -2.34. The number of nitrogens with one attached hydrogen (secondary N) is 1. The summed E-state index contributed by atoms with van der Waals surface area (Å²) in [5, 5.41) is 4.49. The zero-order valence-corrected chi connectivity index (χ0v) is 24.3. The molecule has 1 aromatic carbocycles. The molecule has 2 bridgehead atoms. The minimum Gasteiger partial charge on any atom is -0.462 e. The predicted octanol–water partition coefficient (Wildman–Crippen LogP) is 4.15. The van der Waals surface area contributed by atoms with E-state index in [1.54, 1.807) is 18.5 Å². The third kappa shape index (κ3) is 4.64. The van der Waals surface area contributed by atoms with E-state index in [0.29, 0.717) is 47.0 Å². The summed E-state index contributed by atoms with van der Waals surface area (Å²) in [4.78, 5) is 22.7. The van der Waals surface area contributed by atoms with Gasteiger partial charge in [-0.15, -0.1) is 0 Å². The minimum atomic E-state index is -0.534. The molecule has 0 aliphatic carbocycles. The summed E-state index contributed by atoms with van der Waals surface area (Å²) in [5.74, 6) is 0.235. The highest BCUT2D eigenvalue weighted by Gasteiger charge is 2.35. The van der Waals surface area contributed by atoms with Crippen molar-refractivity contribution in [3.8, 4) is 17.1 Å². The van der Waals surface area contributed by atoms with E-state index in [9.17, 15) is 0 Å². The maximum Gasteiger partial charge on any atom is 0.319 e. The maximum absolute atomic E-state index is 16.7. The number of nitrogen functional groups attached to an aromatic ring is 1. The summed E-state index contributed by atoms with van der Waals surface area (Å²) in [6.07, 6.45) is 7.84. The van der Waals surface area contributed by atoms with Crippen LogP contribution in [0.5, 0.6) is 6.01 Å². The Morgan fingerprint density at radius 2 is 1.93 bits per heavy atom. The molecule has 41 heavy (non-hydrogen) atoms. The largest absolute Gasteiger partial charge is 0.462 e. The van der Waals surface area contributed by atoms with E-state index in [1.165, 1.54) is 0 Å². The normalized spacial score (nSPS) is 23.0. The Balaban J connectivity index is 1.36. The number of nitrogens with two attached hydrogens (primary N) is 1. The molecule has 3 fully saturated rings. The highest BCUT2D eigenvalue weighted by Crippen LogP contribution is 2.42. The van der Waals surface area contributed by atoms with E-state index in [4.69, 9.17) is 27.1 Å². The summed E-state index contributed by atoms with van der Waals surface area (Å²) in [6.45, 7) is 7.48. The molecule has 7 rings (SSSR count). The molecule has 3 N–H and O–H groups in total. The highest BCUT2D eigenvalue weighted by molar-refractivity contribution is 6.35. The number of nitrogens with zero attached hydrogens (tertiary/aromatic N) is 7. The lowest BCUT2D eigenvalue weighted by Crippen LogP contribution is -2.51.